The van der Waals surface area contributed by atoms with Crippen molar-refractivity contribution in [2.75, 3.05) is 11.4 Å². The number of hydrogen-bond donors (Lipinski definition) is 0. The van der Waals surface area contributed by atoms with Crippen LogP contribution in [0, 0.1) is 17.0 Å². The molecule has 0 saturated heterocycles. The van der Waals surface area contributed by atoms with E-state index in [-0.39, 0.29) is 24.0 Å². The first-order valence-electron chi connectivity index (χ1n) is 8.93. The van der Waals surface area contributed by atoms with Gasteiger partial charge < -0.3 is 4.74 Å². The lowest BCUT2D eigenvalue weighted by atomic mass is 9.85. The van der Waals surface area contributed by atoms with Crippen LogP contribution in [0.2, 0.25) is 0 Å². The molecule has 1 amide bonds. The summed E-state index contributed by atoms with van der Waals surface area (Å²) >= 11 is 0. The van der Waals surface area contributed by atoms with E-state index in [1.165, 1.54) is 4.90 Å². The Kier molecular flexibility index (Phi) is 5.54. The molecule has 2 aromatic rings. The Balaban J connectivity index is 1.92. The predicted molar refractivity (Wildman–Crippen MR) is 103 cm³/mol. The molecule has 0 aliphatic carbocycles. The van der Waals surface area contributed by atoms with Crippen LogP contribution in [0.1, 0.15) is 36.0 Å². The van der Waals surface area contributed by atoms with E-state index in [0.717, 1.165) is 22.3 Å². The van der Waals surface area contributed by atoms with Crippen molar-refractivity contribution >= 4 is 11.8 Å². The number of anilines is 1. The summed E-state index contributed by atoms with van der Waals surface area (Å²) in [7, 11) is 0. The molecular weight excluding hydrogens is 344 g/mol. The van der Waals surface area contributed by atoms with E-state index < -0.39 is 6.09 Å². The summed E-state index contributed by atoms with van der Waals surface area (Å²) in [5.41, 5.74) is 4.10. The largest absolute Gasteiger partial charge is 0.444 e. The van der Waals surface area contributed by atoms with Crippen LogP contribution in [0.15, 0.2) is 60.3 Å². The Morgan fingerprint density at radius 3 is 2.59 bits per heavy atom. The third-order valence-electron chi connectivity index (χ3n) is 4.77. The van der Waals surface area contributed by atoms with E-state index in [1.54, 1.807) is 6.20 Å². The Bertz CT molecular complexity index is 877. The molecule has 0 aromatic heterocycles. The highest BCUT2D eigenvalue weighted by molar-refractivity contribution is 5.93. The van der Waals surface area contributed by atoms with Gasteiger partial charge in [0.15, 0.2) is 0 Å². The minimum atomic E-state index is -0.486. The molecule has 0 radical (unpaired) electrons. The average molecular weight is 366 g/mol. The van der Waals surface area contributed by atoms with Crippen molar-refractivity contribution in [1.29, 1.82) is 0 Å². The topological polar surface area (TPSA) is 72.7 Å². The van der Waals surface area contributed by atoms with Crippen LogP contribution in [-0.4, -0.2) is 17.6 Å². The van der Waals surface area contributed by atoms with Gasteiger partial charge in [0, 0.05) is 11.1 Å². The number of benzene rings is 2. The Morgan fingerprint density at radius 2 is 1.93 bits per heavy atom. The van der Waals surface area contributed by atoms with Crippen LogP contribution in [0.3, 0.4) is 0 Å². The minimum Gasteiger partial charge on any atom is -0.444 e. The average Bonchev–Trinajstić information content (AvgIpc) is 2.67. The maximum absolute atomic E-state index is 12.8. The van der Waals surface area contributed by atoms with Crippen molar-refractivity contribution in [3.63, 3.8) is 0 Å². The van der Waals surface area contributed by atoms with Crippen molar-refractivity contribution in [2.45, 2.75) is 32.8 Å². The number of carbonyl (C=O) groups excluding carboxylic acids is 1. The summed E-state index contributed by atoms with van der Waals surface area (Å²) < 4.78 is 5.50. The first-order chi connectivity index (χ1) is 13.0. The van der Waals surface area contributed by atoms with Gasteiger partial charge in [0.1, 0.15) is 6.61 Å². The fourth-order valence-corrected chi connectivity index (χ4v) is 3.45. The number of carbonyl (C=O) groups is 1. The summed E-state index contributed by atoms with van der Waals surface area (Å²) in [6, 6.07) is 15.1. The number of nitro groups is 1. The van der Waals surface area contributed by atoms with Crippen molar-refractivity contribution in [2.24, 2.45) is 0 Å². The standard InChI is InChI=1S/C21H22N2O4/c1-3-17-12-22(21(24)27-14-16-9-5-4-6-10-16)20-15(2)8-7-11-18(20)19(17)13-23(25)26/h4-12,19H,3,13-14H2,1-2H3/t19-/m0/s1. The molecule has 3 rings (SSSR count). The number of hydrogen-bond acceptors (Lipinski definition) is 4. The second-order valence-electron chi connectivity index (χ2n) is 6.55. The molecule has 27 heavy (non-hydrogen) atoms. The van der Waals surface area contributed by atoms with Gasteiger partial charge in [0.2, 0.25) is 6.54 Å². The first-order valence-corrected chi connectivity index (χ1v) is 8.93. The van der Waals surface area contributed by atoms with Gasteiger partial charge in [-0.25, -0.2) is 4.79 Å². The van der Waals surface area contributed by atoms with E-state index in [2.05, 4.69) is 0 Å². The van der Waals surface area contributed by atoms with E-state index in [1.807, 2.05) is 62.4 Å². The maximum atomic E-state index is 12.8. The molecule has 2 aromatic carbocycles. The normalized spacial score (nSPS) is 15.7. The fraction of sp³-hybridized carbons (Fsp3) is 0.286. The number of nitrogens with zero attached hydrogens (tertiary/aromatic N) is 2. The first kappa shape index (κ1) is 18.6. The zero-order valence-electron chi connectivity index (χ0n) is 15.4. The minimum absolute atomic E-state index is 0.172. The Labute approximate surface area is 158 Å². The van der Waals surface area contributed by atoms with E-state index in [0.29, 0.717) is 12.1 Å². The molecular formula is C21H22N2O4. The van der Waals surface area contributed by atoms with Crippen molar-refractivity contribution in [3.05, 3.63) is 87.1 Å². The lowest BCUT2D eigenvalue weighted by Gasteiger charge is -2.32. The molecule has 1 atom stereocenters. The van der Waals surface area contributed by atoms with Crippen LogP contribution in [0.4, 0.5) is 10.5 Å². The van der Waals surface area contributed by atoms with Gasteiger partial charge in [-0.3, -0.25) is 15.0 Å². The Hall–Kier alpha value is -3.15. The quantitative estimate of drug-likeness (QED) is 0.562. The van der Waals surface area contributed by atoms with Gasteiger partial charge in [-0.1, -0.05) is 55.5 Å². The lowest BCUT2D eigenvalue weighted by molar-refractivity contribution is -0.482. The van der Waals surface area contributed by atoms with Gasteiger partial charge in [0.05, 0.1) is 11.6 Å². The van der Waals surface area contributed by atoms with E-state index in [4.69, 9.17) is 4.74 Å². The van der Waals surface area contributed by atoms with Gasteiger partial charge in [-0.2, -0.15) is 0 Å². The number of ether oxygens (including phenoxy) is 1. The summed E-state index contributed by atoms with van der Waals surface area (Å²) in [5, 5.41) is 11.2. The van der Waals surface area contributed by atoms with Crippen LogP contribution in [0.5, 0.6) is 0 Å². The second kappa shape index (κ2) is 8.03. The summed E-state index contributed by atoms with van der Waals surface area (Å²) in [5.74, 6) is -0.335. The zero-order chi connectivity index (χ0) is 19.4. The third-order valence-corrected chi connectivity index (χ3v) is 4.77. The molecule has 6 heteroatoms. The molecule has 1 aliphatic rings. The van der Waals surface area contributed by atoms with E-state index in [9.17, 15) is 14.9 Å². The predicted octanol–water partition coefficient (Wildman–Crippen LogP) is 4.81. The highest BCUT2D eigenvalue weighted by Crippen LogP contribution is 2.41. The number of para-hydroxylation sites is 1. The number of fused-ring (bicyclic) bond motifs is 1. The second-order valence-corrected chi connectivity index (χ2v) is 6.55. The Morgan fingerprint density at radius 1 is 1.19 bits per heavy atom. The van der Waals surface area contributed by atoms with Crippen molar-refractivity contribution in [3.8, 4) is 0 Å². The number of aryl methyl sites for hydroxylation is 1. The highest BCUT2D eigenvalue weighted by Gasteiger charge is 2.33. The molecule has 140 valence electrons. The van der Waals surface area contributed by atoms with Crippen LogP contribution >= 0.6 is 0 Å². The maximum Gasteiger partial charge on any atom is 0.418 e. The van der Waals surface area contributed by atoms with Gasteiger partial charge in [0.25, 0.3) is 0 Å². The van der Waals surface area contributed by atoms with Crippen LogP contribution in [-0.2, 0) is 11.3 Å². The number of amides is 1. The fourth-order valence-electron chi connectivity index (χ4n) is 3.45. The zero-order valence-corrected chi connectivity index (χ0v) is 15.4. The van der Waals surface area contributed by atoms with Crippen molar-refractivity contribution in [1.82, 2.24) is 0 Å². The molecule has 6 nitrogen and oxygen atoms in total. The SMILES string of the molecule is CCC1=CN(C(=O)OCc2ccccc2)c2c(C)cccc2[C@H]1C[N+](=O)[O-]. The summed E-state index contributed by atoms with van der Waals surface area (Å²) in [4.78, 5) is 25.2. The third kappa shape index (κ3) is 4.00. The molecule has 0 N–H and O–H groups in total. The van der Waals surface area contributed by atoms with Crippen LogP contribution in [0.25, 0.3) is 0 Å². The molecule has 0 bridgehead atoms. The van der Waals surface area contributed by atoms with Gasteiger partial charge in [-0.15, -0.1) is 0 Å². The highest BCUT2D eigenvalue weighted by atomic mass is 16.6. The molecule has 0 fully saturated rings. The van der Waals surface area contributed by atoms with Gasteiger partial charge >= 0.3 is 6.09 Å². The molecule has 1 heterocycles. The van der Waals surface area contributed by atoms with Crippen LogP contribution < -0.4 is 4.90 Å². The van der Waals surface area contributed by atoms with Crippen molar-refractivity contribution < 1.29 is 14.5 Å². The number of rotatable bonds is 5. The molecule has 0 spiro atoms. The molecule has 0 saturated carbocycles. The summed E-state index contributed by atoms with van der Waals surface area (Å²) in [6.07, 6.45) is 1.84. The summed E-state index contributed by atoms with van der Waals surface area (Å²) in [6.45, 7) is 3.81. The molecule has 1 aliphatic heterocycles. The lowest BCUT2D eigenvalue weighted by Crippen LogP contribution is -2.33. The molecule has 0 unspecified atom stereocenters. The smallest absolute Gasteiger partial charge is 0.418 e. The van der Waals surface area contributed by atoms with Gasteiger partial charge in [-0.05, 0) is 35.6 Å². The monoisotopic (exact) mass is 366 g/mol. The van der Waals surface area contributed by atoms with E-state index >= 15 is 0 Å².